The van der Waals surface area contributed by atoms with Crippen LogP contribution in [0.25, 0.3) is 0 Å². The summed E-state index contributed by atoms with van der Waals surface area (Å²) < 4.78 is 6.34. The summed E-state index contributed by atoms with van der Waals surface area (Å²) in [6.07, 6.45) is 0.756. The first-order valence-electron chi connectivity index (χ1n) is 4.95. The highest BCUT2D eigenvalue weighted by Crippen LogP contribution is 2.13. The minimum Gasteiger partial charge on any atom is -0.497 e. The maximum atomic E-state index is 5.94. The maximum Gasteiger partial charge on any atom is 0.106 e. The molecule has 3 heteroatoms. The van der Waals surface area contributed by atoms with Gasteiger partial charge in [0, 0.05) is 4.47 Å². The van der Waals surface area contributed by atoms with Crippen LogP contribution in [-0.4, -0.2) is 12.6 Å². The molecule has 0 bridgehead atoms. The number of hydrogen-bond acceptors (Lipinski definition) is 2. The first-order valence-corrected chi connectivity index (χ1v) is 5.74. The summed E-state index contributed by atoms with van der Waals surface area (Å²) in [6, 6.07) is 7.97. The van der Waals surface area contributed by atoms with Crippen LogP contribution in [0.15, 0.2) is 41.1 Å². The molecule has 0 aromatic heterocycles. The molecule has 0 saturated heterocycles. The van der Waals surface area contributed by atoms with E-state index in [0.717, 1.165) is 10.9 Å². The van der Waals surface area contributed by atoms with Crippen LogP contribution < -0.4 is 5.73 Å². The zero-order valence-corrected chi connectivity index (χ0v) is 10.5. The van der Waals surface area contributed by atoms with Crippen molar-refractivity contribution in [3.8, 4) is 0 Å². The van der Waals surface area contributed by atoms with Crippen LogP contribution in [-0.2, 0) is 11.2 Å². The molecule has 0 radical (unpaired) electrons. The van der Waals surface area contributed by atoms with E-state index in [4.69, 9.17) is 10.5 Å². The van der Waals surface area contributed by atoms with Crippen molar-refractivity contribution >= 4 is 15.9 Å². The van der Waals surface area contributed by atoms with Crippen molar-refractivity contribution in [3.05, 3.63) is 46.6 Å². The summed E-state index contributed by atoms with van der Waals surface area (Å²) in [5.74, 6) is 0.653. The summed E-state index contributed by atoms with van der Waals surface area (Å²) in [5.41, 5.74) is 7.12. The van der Waals surface area contributed by atoms with Crippen LogP contribution in [0.1, 0.15) is 12.5 Å². The SMILES string of the molecule is C=C(OCC)C(N)Cc1ccc(Br)cc1. The number of halogens is 1. The van der Waals surface area contributed by atoms with Gasteiger partial charge in [-0.2, -0.15) is 0 Å². The van der Waals surface area contributed by atoms with Gasteiger partial charge in [0.1, 0.15) is 5.76 Å². The van der Waals surface area contributed by atoms with Gasteiger partial charge in [0.25, 0.3) is 0 Å². The summed E-state index contributed by atoms with van der Waals surface area (Å²) in [7, 11) is 0. The van der Waals surface area contributed by atoms with Crippen molar-refractivity contribution in [3.63, 3.8) is 0 Å². The van der Waals surface area contributed by atoms with Crippen molar-refractivity contribution in [1.82, 2.24) is 0 Å². The van der Waals surface area contributed by atoms with Crippen molar-refractivity contribution in [2.24, 2.45) is 5.73 Å². The van der Waals surface area contributed by atoms with Gasteiger partial charge in [0.2, 0.25) is 0 Å². The molecule has 0 aliphatic rings. The Kier molecular flexibility index (Phi) is 4.85. The Morgan fingerprint density at radius 2 is 2.07 bits per heavy atom. The molecule has 1 rings (SSSR count). The number of hydrogen-bond donors (Lipinski definition) is 1. The molecular formula is C12H16BrNO. The second-order valence-corrected chi connectivity index (χ2v) is 4.25. The van der Waals surface area contributed by atoms with Crippen LogP contribution in [0, 0.1) is 0 Å². The topological polar surface area (TPSA) is 35.2 Å². The van der Waals surface area contributed by atoms with Gasteiger partial charge >= 0.3 is 0 Å². The lowest BCUT2D eigenvalue weighted by Gasteiger charge is -2.14. The normalized spacial score (nSPS) is 12.2. The smallest absolute Gasteiger partial charge is 0.106 e. The van der Waals surface area contributed by atoms with Crippen molar-refractivity contribution < 1.29 is 4.74 Å². The Balaban J connectivity index is 2.54. The molecule has 0 spiro atoms. The zero-order chi connectivity index (χ0) is 11.3. The molecule has 0 saturated carbocycles. The van der Waals surface area contributed by atoms with Crippen LogP contribution in [0.4, 0.5) is 0 Å². The molecule has 0 aliphatic heterocycles. The summed E-state index contributed by atoms with van der Waals surface area (Å²) in [6.45, 7) is 6.35. The fourth-order valence-corrected chi connectivity index (χ4v) is 1.55. The molecule has 1 aromatic carbocycles. The zero-order valence-electron chi connectivity index (χ0n) is 8.87. The van der Waals surface area contributed by atoms with Crippen LogP contribution in [0.5, 0.6) is 0 Å². The van der Waals surface area contributed by atoms with Gasteiger partial charge in [-0.05, 0) is 31.0 Å². The Labute approximate surface area is 99.3 Å². The molecule has 0 fully saturated rings. The van der Waals surface area contributed by atoms with E-state index < -0.39 is 0 Å². The van der Waals surface area contributed by atoms with Crippen molar-refractivity contribution in [2.45, 2.75) is 19.4 Å². The highest BCUT2D eigenvalue weighted by molar-refractivity contribution is 9.10. The monoisotopic (exact) mass is 269 g/mol. The van der Waals surface area contributed by atoms with E-state index in [-0.39, 0.29) is 6.04 Å². The molecule has 2 N–H and O–H groups in total. The van der Waals surface area contributed by atoms with E-state index >= 15 is 0 Å². The van der Waals surface area contributed by atoms with Gasteiger partial charge in [0.05, 0.1) is 12.6 Å². The van der Waals surface area contributed by atoms with Crippen LogP contribution >= 0.6 is 15.9 Å². The van der Waals surface area contributed by atoms with Crippen molar-refractivity contribution in [1.29, 1.82) is 0 Å². The Morgan fingerprint density at radius 3 is 2.60 bits per heavy atom. The van der Waals surface area contributed by atoms with Gasteiger partial charge in [0.15, 0.2) is 0 Å². The number of ether oxygens (including phenoxy) is 1. The predicted molar refractivity (Wildman–Crippen MR) is 66.6 cm³/mol. The minimum absolute atomic E-state index is 0.133. The third kappa shape index (κ3) is 4.06. The molecule has 1 unspecified atom stereocenters. The van der Waals surface area contributed by atoms with Gasteiger partial charge in [-0.15, -0.1) is 0 Å². The highest BCUT2D eigenvalue weighted by Gasteiger charge is 2.08. The molecule has 0 amide bonds. The van der Waals surface area contributed by atoms with E-state index in [1.807, 2.05) is 31.2 Å². The first kappa shape index (κ1) is 12.3. The molecule has 1 atom stereocenters. The van der Waals surface area contributed by atoms with E-state index in [0.29, 0.717) is 12.4 Å². The second-order valence-electron chi connectivity index (χ2n) is 3.34. The van der Waals surface area contributed by atoms with E-state index in [2.05, 4.69) is 22.5 Å². The molecule has 0 heterocycles. The first-order chi connectivity index (χ1) is 7.13. The van der Waals surface area contributed by atoms with Gasteiger partial charge in [-0.25, -0.2) is 0 Å². The number of nitrogens with two attached hydrogens (primary N) is 1. The van der Waals surface area contributed by atoms with E-state index in [1.54, 1.807) is 0 Å². The number of benzene rings is 1. The molecule has 2 nitrogen and oxygen atoms in total. The lowest BCUT2D eigenvalue weighted by molar-refractivity contribution is 0.210. The van der Waals surface area contributed by atoms with E-state index in [1.165, 1.54) is 5.56 Å². The molecule has 15 heavy (non-hydrogen) atoms. The third-order valence-electron chi connectivity index (χ3n) is 2.11. The van der Waals surface area contributed by atoms with Gasteiger partial charge in [-0.1, -0.05) is 34.6 Å². The van der Waals surface area contributed by atoms with E-state index in [9.17, 15) is 0 Å². The Bertz CT molecular complexity index is 321. The average Bonchev–Trinajstić information content (AvgIpc) is 2.22. The quantitative estimate of drug-likeness (QED) is 0.835. The summed E-state index contributed by atoms with van der Waals surface area (Å²) >= 11 is 3.39. The van der Waals surface area contributed by atoms with Crippen molar-refractivity contribution in [2.75, 3.05) is 6.61 Å². The predicted octanol–water partition coefficient (Wildman–Crippen LogP) is 2.87. The molecule has 1 aromatic rings. The lowest BCUT2D eigenvalue weighted by Crippen LogP contribution is -2.26. The summed E-state index contributed by atoms with van der Waals surface area (Å²) in [4.78, 5) is 0. The second kappa shape index (κ2) is 5.93. The fraction of sp³-hybridized carbons (Fsp3) is 0.333. The van der Waals surface area contributed by atoms with Crippen LogP contribution in [0.3, 0.4) is 0 Å². The highest BCUT2D eigenvalue weighted by atomic mass is 79.9. The van der Waals surface area contributed by atoms with Crippen LogP contribution in [0.2, 0.25) is 0 Å². The molecular weight excluding hydrogens is 254 g/mol. The Hall–Kier alpha value is -0.800. The lowest BCUT2D eigenvalue weighted by atomic mass is 10.1. The van der Waals surface area contributed by atoms with Gasteiger partial charge in [-0.3, -0.25) is 0 Å². The average molecular weight is 270 g/mol. The standard InChI is InChI=1S/C12H16BrNO/c1-3-15-9(2)12(14)8-10-4-6-11(13)7-5-10/h4-7,12H,2-3,8,14H2,1H3. The molecule has 0 aliphatic carbocycles. The summed E-state index contributed by atoms with van der Waals surface area (Å²) in [5, 5.41) is 0. The maximum absolute atomic E-state index is 5.94. The number of rotatable bonds is 5. The largest absolute Gasteiger partial charge is 0.497 e. The molecule has 82 valence electrons. The van der Waals surface area contributed by atoms with Gasteiger partial charge < -0.3 is 10.5 Å². The minimum atomic E-state index is -0.133. The fourth-order valence-electron chi connectivity index (χ4n) is 1.28. The third-order valence-corrected chi connectivity index (χ3v) is 2.64. The Morgan fingerprint density at radius 1 is 1.47 bits per heavy atom.